The van der Waals surface area contributed by atoms with Gasteiger partial charge in [0.15, 0.2) is 11.3 Å². The molecule has 10 heteroatoms. The van der Waals surface area contributed by atoms with Crippen LogP contribution in [0.15, 0.2) is 54.9 Å². The van der Waals surface area contributed by atoms with Gasteiger partial charge in [-0.1, -0.05) is 19.1 Å². The molecular formula is C25H23F3N6O. The number of pyridine rings is 1. The summed E-state index contributed by atoms with van der Waals surface area (Å²) in [4.78, 5) is 22.5. The quantitative estimate of drug-likeness (QED) is 0.409. The van der Waals surface area contributed by atoms with Crippen LogP contribution in [0.4, 0.5) is 23.7 Å². The van der Waals surface area contributed by atoms with Crippen LogP contribution in [0.5, 0.6) is 0 Å². The Balaban J connectivity index is 1.49. The number of imidazole rings is 1. The molecule has 0 radical (unpaired) electrons. The van der Waals surface area contributed by atoms with E-state index in [1.54, 1.807) is 17.2 Å². The summed E-state index contributed by atoms with van der Waals surface area (Å²) < 4.78 is 41.7. The molecule has 0 spiro atoms. The number of aromatic nitrogens is 4. The molecule has 4 heterocycles. The van der Waals surface area contributed by atoms with E-state index in [4.69, 9.17) is 0 Å². The zero-order valence-corrected chi connectivity index (χ0v) is 19.0. The average molecular weight is 480 g/mol. The number of carbonyl (C=O) groups is 1. The highest BCUT2D eigenvalue weighted by atomic mass is 19.4. The predicted octanol–water partition coefficient (Wildman–Crippen LogP) is 5.67. The van der Waals surface area contributed by atoms with Crippen molar-refractivity contribution in [3.63, 3.8) is 0 Å². The molecule has 0 aliphatic carbocycles. The first kappa shape index (κ1) is 22.8. The number of likely N-dealkylation sites (tertiary alicyclic amines) is 1. The van der Waals surface area contributed by atoms with Gasteiger partial charge in [-0.25, -0.2) is 14.3 Å². The van der Waals surface area contributed by atoms with Crippen molar-refractivity contribution < 1.29 is 18.0 Å². The van der Waals surface area contributed by atoms with Crippen molar-refractivity contribution in [2.24, 2.45) is 0 Å². The minimum Gasteiger partial charge on any atom is -0.325 e. The SMILES string of the molecule is CCc1ccc(-c2cn3nc(-c4cccnc4C(F)(F)F)ccc3n2)cc1NC(=O)N1CCCC1. The largest absolute Gasteiger partial charge is 0.434 e. The Morgan fingerprint density at radius 2 is 1.89 bits per heavy atom. The van der Waals surface area contributed by atoms with E-state index in [1.165, 1.54) is 22.7 Å². The fraction of sp³-hybridized carbons (Fsp3) is 0.280. The van der Waals surface area contributed by atoms with Crippen LogP contribution >= 0.6 is 0 Å². The van der Waals surface area contributed by atoms with E-state index >= 15 is 0 Å². The van der Waals surface area contributed by atoms with Gasteiger partial charge in [0.1, 0.15) is 0 Å². The number of rotatable bonds is 4. The van der Waals surface area contributed by atoms with Gasteiger partial charge in [0.05, 0.1) is 17.6 Å². The molecule has 1 aliphatic rings. The van der Waals surface area contributed by atoms with Crippen LogP contribution < -0.4 is 5.32 Å². The van der Waals surface area contributed by atoms with E-state index in [2.05, 4.69) is 20.4 Å². The first-order valence-corrected chi connectivity index (χ1v) is 11.4. The summed E-state index contributed by atoms with van der Waals surface area (Å²) in [6, 6.07) is 11.5. The molecule has 35 heavy (non-hydrogen) atoms. The minimum atomic E-state index is -4.59. The van der Waals surface area contributed by atoms with Gasteiger partial charge < -0.3 is 10.2 Å². The van der Waals surface area contributed by atoms with Crippen molar-refractivity contribution in [1.82, 2.24) is 24.5 Å². The number of aryl methyl sites for hydroxylation is 1. The molecule has 3 aromatic heterocycles. The zero-order valence-electron chi connectivity index (χ0n) is 19.0. The van der Waals surface area contributed by atoms with Crippen molar-refractivity contribution in [1.29, 1.82) is 0 Å². The van der Waals surface area contributed by atoms with Gasteiger partial charge in [-0.3, -0.25) is 4.98 Å². The normalized spacial score (nSPS) is 14.0. The molecule has 0 saturated carbocycles. The number of halogens is 3. The lowest BCUT2D eigenvalue weighted by Gasteiger charge is -2.18. The molecule has 4 aromatic rings. The number of hydrogen-bond donors (Lipinski definition) is 1. The van der Waals surface area contributed by atoms with Crippen LogP contribution in [0.3, 0.4) is 0 Å². The standard InChI is InChI=1S/C25H23F3N6O/c1-2-16-7-8-17(14-20(16)31-24(35)33-12-3-4-13-33)21-15-34-22(30-21)10-9-19(32-34)18-6-5-11-29-23(18)25(26,27)28/h5-11,14-15H,2-4,12-13H2,1H3,(H,31,35). The molecular weight excluding hydrogens is 457 g/mol. The van der Waals surface area contributed by atoms with E-state index in [-0.39, 0.29) is 17.3 Å². The summed E-state index contributed by atoms with van der Waals surface area (Å²) in [5.41, 5.74) is 2.63. The molecule has 1 fully saturated rings. The van der Waals surface area contributed by atoms with Gasteiger partial charge in [-0.2, -0.15) is 18.3 Å². The molecule has 1 aromatic carbocycles. The summed E-state index contributed by atoms with van der Waals surface area (Å²) in [6.07, 6.45) is 0.945. The number of carbonyl (C=O) groups excluding carboxylic acids is 1. The summed E-state index contributed by atoms with van der Waals surface area (Å²) in [5, 5.41) is 7.38. The maximum atomic E-state index is 13.4. The molecule has 7 nitrogen and oxygen atoms in total. The number of nitrogens with one attached hydrogen (secondary N) is 1. The summed E-state index contributed by atoms with van der Waals surface area (Å²) in [5.74, 6) is 0. The third-order valence-electron chi connectivity index (χ3n) is 6.09. The van der Waals surface area contributed by atoms with Crippen LogP contribution in [-0.4, -0.2) is 43.6 Å². The number of fused-ring (bicyclic) bond motifs is 1. The number of nitrogens with zero attached hydrogens (tertiary/aromatic N) is 5. The van der Waals surface area contributed by atoms with Crippen LogP contribution in [-0.2, 0) is 12.6 Å². The highest BCUT2D eigenvalue weighted by Gasteiger charge is 2.35. The maximum absolute atomic E-state index is 13.4. The molecule has 180 valence electrons. The third kappa shape index (κ3) is 4.55. The molecule has 0 atom stereocenters. The second-order valence-electron chi connectivity index (χ2n) is 8.39. The molecule has 5 rings (SSSR count). The third-order valence-corrected chi connectivity index (χ3v) is 6.09. The van der Waals surface area contributed by atoms with Crippen molar-refractivity contribution in [2.45, 2.75) is 32.4 Å². The second kappa shape index (κ2) is 9.01. The Morgan fingerprint density at radius 3 is 2.63 bits per heavy atom. The van der Waals surface area contributed by atoms with E-state index in [0.29, 0.717) is 11.3 Å². The summed E-state index contributed by atoms with van der Waals surface area (Å²) in [6.45, 7) is 3.52. The smallest absolute Gasteiger partial charge is 0.325 e. The van der Waals surface area contributed by atoms with Crippen LogP contribution in [0.25, 0.3) is 28.2 Å². The first-order valence-electron chi connectivity index (χ1n) is 11.4. The molecule has 2 amide bonds. The monoisotopic (exact) mass is 480 g/mol. The predicted molar refractivity (Wildman–Crippen MR) is 126 cm³/mol. The lowest BCUT2D eigenvalue weighted by Crippen LogP contribution is -2.32. The van der Waals surface area contributed by atoms with E-state index in [9.17, 15) is 18.0 Å². The van der Waals surface area contributed by atoms with Crippen molar-refractivity contribution in [3.05, 3.63) is 66.1 Å². The van der Waals surface area contributed by atoms with Gasteiger partial charge in [0, 0.05) is 36.1 Å². The van der Waals surface area contributed by atoms with Crippen LogP contribution in [0, 0.1) is 0 Å². The molecule has 0 bridgehead atoms. The second-order valence-corrected chi connectivity index (χ2v) is 8.39. The number of amides is 2. The highest BCUT2D eigenvalue weighted by Crippen LogP contribution is 2.35. The van der Waals surface area contributed by atoms with Crippen LogP contribution in [0.2, 0.25) is 0 Å². The Hall–Kier alpha value is -3.95. The fourth-order valence-corrected chi connectivity index (χ4v) is 4.28. The van der Waals surface area contributed by atoms with Gasteiger partial charge in [-0.05, 0) is 55.2 Å². The highest BCUT2D eigenvalue weighted by molar-refractivity contribution is 5.91. The number of hydrogen-bond acceptors (Lipinski definition) is 4. The van der Waals surface area contributed by atoms with Gasteiger partial charge in [0.25, 0.3) is 0 Å². The lowest BCUT2D eigenvalue weighted by atomic mass is 10.1. The molecule has 1 aliphatic heterocycles. The van der Waals surface area contributed by atoms with Crippen LogP contribution in [0.1, 0.15) is 31.0 Å². The fourth-order valence-electron chi connectivity index (χ4n) is 4.28. The molecule has 0 unspecified atom stereocenters. The maximum Gasteiger partial charge on any atom is 0.434 e. The lowest BCUT2D eigenvalue weighted by molar-refractivity contribution is -0.140. The van der Waals surface area contributed by atoms with E-state index in [0.717, 1.165) is 55.4 Å². The van der Waals surface area contributed by atoms with Crippen molar-refractivity contribution >= 4 is 17.4 Å². The van der Waals surface area contributed by atoms with E-state index < -0.39 is 11.9 Å². The number of urea groups is 1. The van der Waals surface area contributed by atoms with Crippen molar-refractivity contribution in [2.75, 3.05) is 18.4 Å². The number of benzene rings is 1. The Labute approximate surface area is 199 Å². The number of alkyl halides is 3. The Kier molecular flexibility index (Phi) is 5.88. The first-order chi connectivity index (χ1) is 16.8. The Bertz CT molecular complexity index is 1390. The van der Waals surface area contributed by atoms with Gasteiger partial charge in [-0.15, -0.1) is 0 Å². The Morgan fingerprint density at radius 1 is 1.09 bits per heavy atom. The molecule has 1 saturated heterocycles. The molecule has 1 N–H and O–H groups in total. The van der Waals surface area contributed by atoms with E-state index in [1.807, 2.05) is 25.1 Å². The topological polar surface area (TPSA) is 75.4 Å². The summed E-state index contributed by atoms with van der Waals surface area (Å²) >= 11 is 0. The minimum absolute atomic E-state index is 0.101. The number of anilines is 1. The van der Waals surface area contributed by atoms with Gasteiger partial charge >= 0.3 is 12.2 Å². The average Bonchev–Trinajstić information content (AvgIpc) is 3.53. The zero-order chi connectivity index (χ0) is 24.6. The summed E-state index contributed by atoms with van der Waals surface area (Å²) in [7, 11) is 0. The van der Waals surface area contributed by atoms with Crippen molar-refractivity contribution in [3.8, 4) is 22.5 Å². The van der Waals surface area contributed by atoms with Gasteiger partial charge in [0.2, 0.25) is 0 Å².